The maximum absolute atomic E-state index is 12.1. The van der Waals surface area contributed by atoms with E-state index in [9.17, 15) is 4.79 Å². The van der Waals surface area contributed by atoms with Crippen LogP contribution in [0.2, 0.25) is 0 Å². The van der Waals surface area contributed by atoms with Crippen LogP contribution in [0.1, 0.15) is 15.9 Å². The summed E-state index contributed by atoms with van der Waals surface area (Å²) in [6.45, 7) is 0.258. The van der Waals surface area contributed by atoms with Gasteiger partial charge in [0.25, 0.3) is 0 Å². The fraction of sp³-hybridized carbons (Fsp3) is 0.133. The Morgan fingerprint density at radius 1 is 1.11 bits per heavy atom. The summed E-state index contributed by atoms with van der Waals surface area (Å²) in [5, 5.41) is 0. The Morgan fingerprint density at radius 3 is 2.53 bits per heavy atom. The van der Waals surface area contributed by atoms with Crippen molar-refractivity contribution in [3.63, 3.8) is 0 Å². The summed E-state index contributed by atoms with van der Waals surface area (Å²) in [7, 11) is 1.54. The van der Waals surface area contributed by atoms with Gasteiger partial charge in [0.05, 0.1) is 7.11 Å². The van der Waals surface area contributed by atoms with Crippen LogP contribution >= 0.6 is 22.6 Å². The van der Waals surface area contributed by atoms with E-state index in [-0.39, 0.29) is 12.6 Å². The highest BCUT2D eigenvalue weighted by Gasteiger charge is 2.17. The summed E-state index contributed by atoms with van der Waals surface area (Å²) in [4.78, 5) is 12.1. The highest BCUT2D eigenvalue weighted by molar-refractivity contribution is 14.1. The van der Waals surface area contributed by atoms with Crippen LogP contribution in [-0.4, -0.2) is 13.1 Å². The minimum Gasteiger partial charge on any atom is -0.496 e. The van der Waals surface area contributed by atoms with Crippen molar-refractivity contribution in [2.45, 2.75) is 6.61 Å². The van der Waals surface area contributed by atoms with Crippen LogP contribution in [0, 0.1) is 3.57 Å². The highest BCUT2D eigenvalue weighted by atomic mass is 127. The van der Waals surface area contributed by atoms with Crippen LogP contribution < -0.4 is 4.74 Å². The lowest BCUT2D eigenvalue weighted by atomic mass is 10.2. The van der Waals surface area contributed by atoms with E-state index in [4.69, 9.17) is 9.47 Å². The van der Waals surface area contributed by atoms with Gasteiger partial charge < -0.3 is 9.47 Å². The van der Waals surface area contributed by atoms with Crippen LogP contribution in [-0.2, 0) is 11.3 Å². The molecule has 0 aromatic heterocycles. The second-order valence-electron chi connectivity index (χ2n) is 3.88. The maximum Gasteiger partial charge on any atom is 0.343 e. The Morgan fingerprint density at radius 2 is 1.84 bits per heavy atom. The second kappa shape index (κ2) is 6.56. The van der Waals surface area contributed by atoms with Crippen molar-refractivity contribution in [1.29, 1.82) is 0 Å². The number of hydrogen-bond acceptors (Lipinski definition) is 3. The van der Waals surface area contributed by atoms with Crippen molar-refractivity contribution in [3.8, 4) is 5.75 Å². The normalized spacial score (nSPS) is 10.0. The average molecular weight is 368 g/mol. The third kappa shape index (κ3) is 3.47. The highest BCUT2D eigenvalue weighted by Crippen LogP contribution is 2.24. The molecule has 0 aliphatic heterocycles. The summed E-state index contributed by atoms with van der Waals surface area (Å²) in [6, 6.07) is 15.0. The van der Waals surface area contributed by atoms with Gasteiger partial charge in [-0.25, -0.2) is 4.79 Å². The first-order chi connectivity index (χ1) is 9.22. The van der Waals surface area contributed by atoms with Gasteiger partial charge in [-0.05, 0) is 40.3 Å². The minimum absolute atomic E-state index is 0.258. The molecule has 2 rings (SSSR count). The number of halogens is 1. The molecule has 0 unspecified atom stereocenters. The molecule has 2 aromatic rings. The molecule has 0 saturated carbocycles. The number of rotatable bonds is 4. The van der Waals surface area contributed by atoms with Crippen LogP contribution in [0.25, 0.3) is 0 Å². The summed E-state index contributed by atoms with van der Waals surface area (Å²) in [6.07, 6.45) is 0. The zero-order chi connectivity index (χ0) is 13.7. The number of esters is 1. The van der Waals surface area contributed by atoms with Crippen molar-refractivity contribution in [2.75, 3.05) is 7.11 Å². The first-order valence-electron chi connectivity index (χ1n) is 5.76. The third-order valence-corrected chi connectivity index (χ3v) is 3.51. The molecule has 0 fully saturated rings. The minimum atomic E-state index is -0.370. The van der Waals surface area contributed by atoms with Gasteiger partial charge >= 0.3 is 5.97 Å². The molecule has 2 aromatic carbocycles. The average Bonchev–Trinajstić information content (AvgIpc) is 2.45. The van der Waals surface area contributed by atoms with E-state index in [1.54, 1.807) is 13.2 Å². The Kier molecular flexibility index (Phi) is 4.79. The van der Waals surface area contributed by atoms with Gasteiger partial charge in [0.1, 0.15) is 17.9 Å². The lowest BCUT2D eigenvalue weighted by molar-refractivity contribution is 0.0467. The molecule has 0 amide bonds. The zero-order valence-corrected chi connectivity index (χ0v) is 12.6. The molecule has 0 aliphatic rings. The van der Waals surface area contributed by atoms with Gasteiger partial charge in [-0.2, -0.15) is 0 Å². The van der Waals surface area contributed by atoms with E-state index in [1.807, 2.05) is 42.5 Å². The Bertz CT molecular complexity index is 567. The first-order valence-corrected chi connectivity index (χ1v) is 6.84. The maximum atomic E-state index is 12.1. The van der Waals surface area contributed by atoms with E-state index < -0.39 is 0 Å². The van der Waals surface area contributed by atoms with Gasteiger partial charge in [-0.3, -0.25) is 0 Å². The van der Waals surface area contributed by atoms with Gasteiger partial charge in [-0.15, -0.1) is 0 Å². The van der Waals surface area contributed by atoms with Crippen LogP contribution in [0.5, 0.6) is 5.75 Å². The molecule has 3 nitrogen and oxygen atoms in total. The van der Waals surface area contributed by atoms with Crippen molar-refractivity contribution in [2.24, 2.45) is 0 Å². The topological polar surface area (TPSA) is 35.5 Å². The molecule has 0 heterocycles. The zero-order valence-electron chi connectivity index (χ0n) is 10.4. The number of carbonyl (C=O) groups is 1. The molecule has 0 N–H and O–H groups in total. The van der Waals surface area contributed by atoms with Crippen LogP contribution in [0.4, 0.5) is 0 Å². The van der Waals surface area contributed by atoms with E-state index in [0.29, 0.717) is 11.3 Å². The predicted molar refractivity (Wildman–Crippen MR) is 81.3 cm³/mol. The van der Waals surface area contributed by atoms with Crippen molar-refractivity contribution in [3.05, 3.63) is 63.2 Å². The summed E-state index contributed by atoms with van der Waals surface area (Å²) in [5.74, 6) is 0.163. The van der Waals surface area contributed by atoms with E-state index >= 15 is 0 Å². The Balaban J connectivity index is 2.12. The molecule has 0 atom stereocenters. The van der Waals surface area contributed by atoms with Gasteiger partial charge in [0.2, 0.25) is 0 Å². The number of ether oxygens (including phenoxy) is 2. The van der Waals surface area contributed by atoms with E-state index in [0.717, 1.165) is 9.13 Å². The summed E-state index contributed by atoms with van der Waals surface area (Å²) >= 11 is 2.10. The summed E-state index contributed by atoms with van der Waals surface area (Å²) in [5.41, 5.74) is 1.43. The number of hydrogen-bond donors (Lipinski definition) is 0. The molecular weight excluding hydrogens is 355 g/mol. The summed E-state index contributed by atoms with van der Waals surface area (Å²) < 4.78 is 11.3. The van der Waals surface area contributed by atoms with Gasteiger partial charge in [0, 0.05) is 3.57 Å². The Labute approximate surface area is 125 Å². The van der Waals surface area contributed by atoms with Gasteiger partial charge in [0.15, 0.2) is 0 Å². The monoisotopic (exact) mass is 368 g/mol. The molecule has 0 bridgehead atoms. The van der Waals surface area contributed by atoms with Crippen molar-refractivity contribution >= 4 is 28.6 Å². The largest absolute Gasteiger partial charge is 0.496 e. The number of benzene rings is 2. The second-order valence-corrected chi connectivity index (χ2v) is 5.04. The van der Waals surface area contributed by atoms with E-state index in [1.165, 1.54) is 0 Å². The lowest BCUT2D eigenvalue weighted by Crippen LogP contribution is -2.09. The lowest BCUT2D eigenvalue weighted by Gasteiger charge is -2.10. The first kappa shape index (κ1) is 13.9. The van der Waals surface area contributed by atoms with Crippen molar-refractivity contribution in [1.82, 2.24) is 0 Å². The molecule has 0 spiro atoms. The SMILES string of the molecule is COc1cccc(I)c1C(=O)OCc1ccccc1. The number of carbonyl (C=O) groups excluding carboxylic acids is 1. The molecule has 4 heteroatoms. The van der Waals surface area contributed by atoms with Crippen LogP contribution in [0.3, 0.4) is 0 Å². The molecule has 98 valence electrons. The smallest absolute Gasteiger partial charge is 0.343 e. The van der Waals surface area contributed by atoms with Crippen molar-refractivity contribution < 1.29 is 14.3 Å². The number of methoxy groups -OCH3 is 1. The molecule has 0 radical (unpaired) electrons. The fourth-order valence-electron chi connectivity index (χ4n) is 1.67. The van der Waals surface area contributed by atoms with Gasteiger partial charge in [-0.1, -0.05) is 36.4 Å². The molecule has 0 aliphatic carbocycles. The quantitative estimate of drug-likeness (QED) is 0.611. The fourth-order valence-corrected chi connectivity index (χ4v) is 2.36. The molecule has 0 saturated heterocycles. The van der Waals surface area contributed by atoms with Crippen LogP contribution in [0.15, 0.2) is 48.5 Å². The van der Waals surface area contributed by atoms with E-state index in [2.05, 4.69) is 22.6 Å². The predicted octanol–water partition coefficient (Wildman–Crippen LogP) is 3.66. The Hall–Kier alpha value is -1.56. The molecular formula is C15H13IO3. The standard InChI is InChI=1S/C15H13IO3/c1-18-13-9-5-8-12(16)14(13)15(17)19-10-11-6-3-2-4-7-11/h2-9H,10H2,1H3. The third-order valence-electron chi connectivity index (χ3n) is 2.61. The molecule has 19 heavy (non-hydrogen) atoms.